The third kappa shape index (κ3) is 2.01. The zero-order valence-electron chi connectivity index (χ0n) is 9.71. The lowest BCUT2D eigenvalue weighted by Gasteiger charge is -2.04. The number of hydrogen-bond acceptors (Lipinski definition) is 6. The molecular weight excluding hydrogens is 247 g/mol. The van der Waals surface area contributed by atoms with Gasteiger partial charge in [-0.2, -0.15) is 9.97 Å². The van der Waals surface area contributed by atoms with Gasteiger partial charge in [0.05, 0.1) is 11.9 Å². The Bertz CT molecular complexity index is 756. The van der Waals surface area contributed by atoms with E-state index in [1.54, 1.807) is 12.1 Å². The van der Waals surface area contributed by atoms with E-state index in [1.165, 1.54) is 18.3 Å². The van der Waals surface area contributed by atoms with Crippen molar-refractivity contribution in [2.24, 2.45) is 0 Å². The predicted molar refractivity (Wildman–Crippen MR) is 69.3 cm³/mol. The molecule has 0 aliphatic rings. The molecule has 7 heteroatoms. The number of benzene rings is 1. The standard InChI is InChI=1S/C12H9FN6/c13-7-3-1-6(2-4-7)8-5-16-11-9(17-8)10(14)18-12(15)19-11/h1-5H,(H4,14,15,16,18,19). The average Bonchev–Trinajstić information content (AvgIpc) is 2.39. The lowest BCUT2D eigenvalue weighted by molar-refractivity contribution is 0.628. The minimum Gasteiger partial charge on any atom is -0.382 e. The lowest BCUT2D eigenvalue weighted by Crippen LogP contribution is -2.03. The first-order valence-corrected chi connectivity index (χ1v) is 5.45. The topological polar surface area (TPSA) is 104 Å². The van der Waals surface area contributed by atoms with Crippen LogP contribution in [-0.2, 0) is 0 Å². The molecule has 6 nitrogen and oxygen atoms in total. The van der Waals surface area contributed by atoms with E-state index >= 15 is 0 Å². The molecular formula is C12H9FN6. The van der Waals surface area contributed by atoms with E-state index in [2.05, 4.69) is 19.9 Å². The molecule has 19 heavy (non-hydrogen) atoms. The summed E-state index contributed by atoms with van der Waals surface area (Å²) in [7, 11) is 0. The summed E-state index contributed by atoms with van der Waals surface area (Å²) >= 11 is 0. The Morgan fingerprint density at radius 2 is 1.68 bits per heavy atom. The predicted octanol–water partition coefficient (Wildman–Crippen LogP) is 1.39. The molecule has 0 saturated carbocycles. The molecule has 0 aliphatic heterocycles. The van der Waals surface area contributed by atoms with Crippen molar-refractivity contribution in [3.8, 4) is 11.3 Å². The molecule has 0 unspecified atom stereocenters. The number of aromatic nitrogens is 4. The molecule has 0 aliphatic carbocycles. The maximum absolute atomic E-state index is 12.9. The summed E-state index contributed by atoms with van der Waals surface area (Å²) in [5, 5.41) is 0. The highest BCUT2D eigenvalue weighted by molar-refractivity contribution is 5.83. The molecule has 2 heterocycles. The normalized spacial score (nSPS) is 10.8. The Balaban J connectivity index is 2.19. The van der Waals surface area contributed by atoms with E-state index in [9.17, 15) is 4.39 Å². The molecule has 2 aromatic heterocycles. The van der Waals surface area contributed by atoms with E-state index in [1.807, 2.05) is 0 Å². The third-order valence-electron chi connectivity index (χ3n) is 2.59. The van der Waals surface area contributed by atoms with E-state index in [0.717, 1.165) is 5.56 Å². The van der Waals surface area contributed by atoms with Crippen molar-refractivity contribution in [2.45, 2.75) is 0 Å². The molecule has 0 fully saturated rings. The van der Waals surface area contributed by atoms with Gasteiger partial charge in [-0.1, -0.05) is 0 Å². The number of nitrogen functional groups attached to an aromatic ring is 2. The van der Waals surface area contributed by atoms with E-state index in [4.69, 9.17) is 11.5 Å². The highest BCUT2D eigenvalue weighted by atomic mass is 19.1. The maximum atomic E-state index is 12.9. The first-order chi connectivity index (χ1) is 9.13. The van der Waals surface area contributed by atoms with Crippen LogP contribution in [0, 0.1) is 5.82 Å². The van der Waals surface area contributed by atoms with Crippen LogP contribution >= 0.6 is 0 Å². The van der Waals surface area contributed by atoms with Crippen LogP contribution in [0.25, 0.3) is 22.4 Å². The van der Waals surface area contributed by atoms with Gasteiger partial charge in [0.2, 0.25) is 5.95 Å². The summed E-state index contributed by atoms with van der Waals surface area (Å²) in [6.07, 6.45) is 1.53. The molecule has 0 radical (unpaired) electrons. The first-order valence-electron chi connectivity index (χ1n) is 5.45. The monoisotopic (exact) mass is 256 g/mol. The minimum atomic E-state index is -0.312. The van der Waals surface area contributed by atoms with E-state index < -0.39 is 0 Å². The third-order valence-corrected chi connectivity index (χ3v) is 2.59. The van der Waals surface area contributed by atoms with Crippen LogP contribution in [-0.4, -0.2) is 19.9 Å². The number of nitrogens with two attached hydrogens (primary N) is 2. The second-order valence-corrected chi connectivity index (χ2v) is 3.90. The molecule has 0 amide bonds. The Kier molecular flexibility index (Phi) is 2.45. The molecule has 4 N–H and O–H groups in total. The summed E-state index contributed by atoms with van der Waals surface area (Å²) in [4.78, 5) is 16.2. The number of fused-ring (bicyclic) bond motifs is 1. The van der Waals surface area contributed by atoms with Crippen molar-refractivity contribution < 1.29 is 4.39 Å². The number of anilines is 2. The maximum Gasteiger partial charge on any atom is 0.224 e. The van der Waals surface area contributed by atoms with Crippen molar-refractivity contribution in [3.05, 3.63) is 36.3 Å². The fourth-order valence-electron chi connectivity index (χ4n) is 1.71. The van der Waals surface area contributed by atoms with Crippen LogP contribution in [0.3, 0.4) is 0 Å². The van der Waals surface area contributed by atoms with E-state index in [0.29, 0.717) is 16.9 Å². The van der Waals surface area contributed by atoms with Crippen LogP contribution in [0.1, 0.15) is 0 Å². The van der Waals surface area contributed by atoms with Gasteiger partial charge < -0.3 is 11.5 Å². The Labute approximate surface area is 107 Å². The van der Waals surface area contributed by atoms with Crippen molar-refractivity contribution in [1.29, 1.82) is 0 Å². The zero-order valence-corrected chi connectivity index (χ0v) is 9.71. The van der Waals surface area contributed by atoms with E-state index in [-0.39, 0.29) is 17.6 Å². The summed E-state index contributed by atoms with van der Waals surface area (Å²) in [5.41, 5.74) is 13.2. The van der Waals surface area contributed by atoms with Gasteiger partial charge in [-0.05, 0) is 24.3 Å². The van der Waals surface area contributed by atoms with Crippen molar-refractivity contribution >= 4 is 22.9 Å². The highest BCUT2D eigenvalue weighted by Gasteiger charge is 2.08. The second-order valence-electron chi connectivity index (χ2n) is 3.90. The molecule has 0 atom stereocenters. The van der Waals surface area contributed by atoms with Gasteiger partial charge in [0.25, 0.3) is 0 Å². The molecule has 3 aromatic rings. The Morgan fingerprint density at radius 3 is 2.42 bits per heavy atom. The molecule has 0 bridgehead atoms. The number of nitrogens with zero attached hydrogens (tertiary/aromatic N) is 4. The largest absolute Gasteiger partial charge is 0.382 e. The van der Waals surface area contributed by atoms with Crippen LogP contribution in [0.5, 0.6) is 0 Å². The van der Waals surface area contributed by atoms with Gasteiger partial charge in [0.1, 0.15) is 5.82 Å². The quantitative estimate of drug-likeness (QED) is 0.681. The van der Waals surface area contributed by atoms with Crippen molar-refractivity contribution in [3.63, 3.8) is 0 Å². The summed E-state index contributed by atoms with van der Waals surface area (Å²) in [6.45, 7) is 0. The van der Waals surface area contributed by atoms with Gasteiger partial charge in [-0.3, -0.25) is 0 Å². The summed E-state index contributed by atoms with van der Waals surface area (Å²) < 4.78 is 12.9. The van der Waals surface area contributed by atoms with Crippen LogP contribution in [0.15, 0.2) is 30.5 Å². The Hall–Kier alpha value is -2.83. The highest BCUT2D eigenvalue weighted by Crippen LogP contribution is 2.21. The smallest absolute Gasteiger partial charge is 0.224 e. The molecule has 0 saturated heterocycles. The first kappa shape index (κ1) is 11.3. The molecule has 1 aromatic carbocycles. The molecule has 3 rings (SSSR count). The number of rotatable bonds is 1. The average molecular weight is 256 g/mol. The second kappa shape index (κ2) is 4.13. The van der Waals surface area contributed by atoms with Gasteiger partial charge in [0.15, 0.2) is 17.0 Å². The van der Waals surface area contributed by atoms with Gasteiger partial charge in [-0.25, -0.2) is 14.4 Å². The number of halogens is 1. The summed E-state index contributed by atoms with van der Waals surface area (Å²) in [6, 6.07) is 5.92. The summed E-state index contributed by atoms with van der Waals surface area (Å²) in [5.74, 6) is -0.0964. The minimum absolute atomic E-state index is 0.0498. The molecule has 94 valence electrons. The van der Waals surface area contributed by atoms with Gasteiger partial charge in [0, 0.05) is 5.56 Å². The van der Waals surface area contributed by atoms with Crippen molar-refractivity contribution in [1.82, 2.24) is 19.9 Å². The Morgan fingerprint density at radius 1 is 0.947 bits per heavy atom. The SMILES string of the molecule is Nc1nc(N)c2nc(-c3ccc(F)cc3)cnc2n1. The number of hydrogen-bond donors (Lipinski definition) is 2. The lowest BCUT2D eigenvalue weighted by atomic mass is 10.1. The zero-order chi connectivity index (χ0) is 13.4. The van der Waals surface area contributed by atoms with Crippen LogP contribution in [0.4, 0.5) is 16.2 Å². The fourth-order valence-corrected chi connectivity index (χ4v) is 1.71. The molecule has 0 spiro atoms. The van der Waals surface area contributed by atoms with Gasteiger partial charge in [-0.15, -0.1) is 0 Å². The van der Waals surface area contributed by atoms with Crippen LogP contribution < -0.4 is 11.5 Å². The van der Waals surface area contributed by atoms with Crippen molar-refractivity contribution in [2.75, 3.05) is 11.5 Å². The fraction of sp³-hybridized carbons (Fsp3) is 0. The van der Waals surface area contributed by atoms with Crippen LogP contribution in [0.2, 0.25) is 0 Å². The van der Waals surface area contributed by atoms with Gasteiger partial charge >= 0.3 is 0 Å².